The van der Waals surface area contributed by atoms with Gasteiger partial charge in [0.2, 0.25) is 0 Å². The average Bonchev–Trinajstić information content (AvgIpc) is 2.38. The lowest BCUT2D eigenvalue weighted by Gasteiger charge is -2.36. The van der Waals surface area contributed by atoms with Crippen molar-refractivity contribution in [3.63, 3.8) is 0 Å². The predicted molar refractivity (Wildman–Crippen MR) is 82.6 cm³/mol. The van der Waals surface area contributed by atoms with Gasteiger partial charge >= 0.3 is 0 Å². The van der Waals surface area contributed by atoms with E-state index in [9.17, 15) is 0 Å². The van der Waals surface area contributed by atoms with Gasteiger partial charge in [-0.15, -0.1) is 0 Å². The van der Waals surface area contributed by atoms with Gasteiger partial charge in [0.15, 0.2) is 0 Å². The Bertz CT molecular complexity index is 246. The fourth-order valence-electron chi connectivity index (χ4n) is 3.58. The highest BCUT2D eigenvalue weighted by atomic mass is 15.2. The summed E-state index contributed by atoms with van der Waals surface area (Å²) in [7, 11) is 2.25. The third-order valence-corrected chi connectivity index (χ3v) is 4.77. The van der Waals surface area contributed by atoms with Gasteiger partial charge in [0.25, 0.3) is 0 Å². The zero-order chi connectivity index (χ0) is 13.7. The highest BCUT2D eigenvalue weighted by molar-refractivity contribution is 4.80. The number of nitrogens with zero attached hydrogens (tertiary/aromatic N) is 2. The monoisotopic (exact) mass is 267 g/mol. The van der Waals surface area contributed by atoms with Crippen molar-refractivity contribution >= 4 is 0 Å². The van der Waals surface area contributed by atoms with Crippen molar-refractivity contribution in [1.29, 1.82) is 0 Å². The molecule has 2 saturated heterocycles. The molecule has 0 bridgehead atoms. The van der Waals surface area contributed by atoms with Crippen molar-refractivity contribution in [2.75, 3.05) is 39.8 Å². The minimum absolute atomic E-state index is 0.624. The molecule has 2 aliphatic heterocycles. The second-order valence-corrected chi connectivity index (χ2v) is 7.00. The zero-order valence-electron chi connectivity index (χ0n) is 13.2. The Morgan fingerprint density at radius 3 is 2.53 bits per heavy atom. The third-order valence-electron chi connectivity index (χ3n) is 4.77. The number of hydrogen-bond donors (Lipinski definition) is 1. The molecular weight excluding hydrogens is 234 g/mol. The van der Waals surface area contributed by atoms with E-state index in [1.165, 1.54) is 64.8 Å². The van der Waals surface area contributed by atoms with Crippen LogP contribution in [0.5, 0.6) is 0 Å². The molecule has 2 fully saturated rings. The Kier molecular flexibility index (Phi) is 6.11. The number of likely N-dealkylation sites (tertiary alicyclic amines) is 2. The predicted octanol–water partition coefficient (Wildman–Crippen LogP) is 2.18. The normalized spacial score (nSPS) is 28.1. The quantitative estimate of drug-likeness (QED) is 0.824. The third kappa shape index (κ3) is 5.41. The van der Waals surface area contributed by atoms with Crippen LogP contribution < -0.4 is 5.32 Å². The first-order valence-electron chi connectivity index (χ1n) is 8.30. The molecule has 0 radical (unpaired) electrons. The number of nitrogens with one attached hydrogen (secondary N) is 1. The lowest BCUT2D eigenvalue weighted by Crippen LogP contribution is -2.48. The second kappa shape index (κ2) is 7.61. The Labute approximate surface area is 119 Å². The van der Waals surface area contributed by atoms with Crippen LogP contribution in [0.15, 0.2) is 0 Å². The van der Waals surface area contributed by atoms with E-state index >= 15 is 0 Å². The maximum absolute atomic E-state index is 3.71. The van der Waals surface area contributed by atoms with Crippen LogP contribution in [0.2, 0.25) is 0 Å². The fraction of sp³-hybridized carbons (Fsp3) is 1.00. The molecule has 0 aromatic rings. The Balaban J connectivity index is 1.65. The van der Waals surface area contributed by atoms with Gasteiger partial charge in [0, 0.05) is 18.6 Å². The molecule has 112 valence electrons. The maximum atomic E-state index is 3.71. The molecular formula is C16H33N3. The molecule has 0 amide bonds. The van der Waals surface area contributed by atoms with Gasteiger partial charge in [0.05, 0.1) is 0 Å². The van der Waals surface area contributed by atoms with Crippen LogP contribution in [0.3, 0.4) is 0 Å². The summed E-state index contributed by atoms with van der Waals surface area (Å²) >= 11 is 0. The second-order valence-electron chi connectivity index (χ2n) is 7.00. The van der Waals surface area contributed by atoms with Crippen LogP contribution in [-0.4, -0.2) is 61.7 Å². The van der Waals surface area contributed by atoms with Crippen LogP contribution in [0, 0.1) is 5.92 Å². The van der Waals surface area contributed by atoms with E-state index in [2.05, 4.69) is 36.0 Å². The Morgan fingerprint density at radius 2 is 1.84 bits per heavy atom. The van der Waals surface area contributed by atoms with Crippen LogP contribution >= 0.6 is 0 Å². The Morgan fingerprint density at radius 1 is 1.11 bits per heavy atom. The standard InChI is InChI=1S/C16H33N3/c1-14(2)17-16-5-4-9-19(13-16)12-8-15-6-10-18(3)11-7-15/h14-17H,4-13H2,1-3H3. The van der Waals surface area contributed by atoms with Crippen LogP contribution in [-0.2, 0) is 0 Å². The van der Waals surface area contributed by atoms with Crippen molar-refractivity contribution < 1.29 is 0 Å². The van der Waals surface area contributed by atoms with Crippen LogP contribution in [0.25, 0.3) is 0 Å². The minimum Gasteiger partial charge on any atom is -0.311 e. The van der Waals surface area contributed by atoms with E-state index in [0.717, 1.165) is 12.0 Å². The lowest BCUT2D eigenvalue weighted by molar-refractivity contribution is 0.154. The molecule has 0 aliphatic carbocycles. The summed E-state index contributed by atoms with van der Waals surface area (Å²) in [6.07, 6.45) is 6.99. The summed E-state index contributed by atoms with van der Waals surface area (Å²) in [6.45, 7) is 11.1. The molecule has 0 aromatic heterocycles. The molecule has 0 saturated carbocycles. The molecule has 2 heterocycles. The summed E-state index contributed by atoms with van der Waals surface area (Å²) in [5, 5.41) is 3.71. The molecule has 1 atom stereocenters. The average molecular weight is 267 g/mol. The molecule has 2 rings (SSSR count). The van der Waals surface area contributed by atoms with Gasteiger partial charge in [-0.05, 0) is 71.2 Å². The number of piperidine rings is 2. The zero-order valence-corrected chi connectivity index (χ0v) is 13.2. The fourth-order valence-corrected chi connectivity index (χ4v) is 3.58. The lowest BCUT2D eigenvalue weighted by atomic mass is 9.93. The van der Waals surface area contributed by atoms with Crippen molar-refractivity contribution in [3.8, 4) is 0 Å². The van der Waals surface area contributed by atoms with Gasteiger partial charge in [-0.2, -0.15) is 0 Å². The van der Waals surface area contributed by atoms with Gasteiger partial charge in [0.1, 0.15) is 0 Å². The van der Waals surface area contributed by atoms with E-state index in [1.54, 1.807) is 0 Å². The van der Waals surface area contributed by atoms with Crippen molar-refractivity contribution in [2.45, 2.75) is 58.0 Å². The van der Waals surface area contributed by atoms with Gasteiger partial charge < -0.3 is 15.1 Å². The molecule has 0 aromatic carbocycles. The van der Waals surface area contributed by atoms with E-state index in [0.29, 0.717) is 6.04 Å². The molecule has 19 heavy (non-hydrogen) atoms. The van der Waals surface area contributed by atoms with Crippen molar-refractivity contribution in [2.24, 2.45) is 5.92 Å². The molecule has 1 unspecified atom stereocenters. The van der Waals surface area contributed by atoms with E-state index in [1.807, 2.05) is 0 Å². The Hall–Kier alpha value is -0.120. The largest absolute Gasteiger partial charge is 0.311 e. The highest BCUT2D eigenvalue weighted by Gasteiger charge is 2.22. The first-order valence-corrected chi connectivity index (χ1v) is 8.30. The molecule has 2 aliphatic rings. The van der Waals surface area contributed by atoms with Crippen molar-refractivity contribution in [1.82, 2.24) is 15.1 Å². The highest BCUT2D eigenvalue weighted by Crippen LogP contribution is 2.21. The van der Waals surface area contributed by atoms with Crippen LogP contribution in [0.1, 0.15) is 46.0 Å². The SMILES string of the molecule is CC(C)NC1CCCN(CCC2CCN(C)CC2)C1. The van der Waals surface area contributed by atoms with Crippen molar-refractivity contribution in [3.05, 3.63) is 0 Å². The van der Waals surface area contributed by atoms with Crippen LogP contribution in [0.4, 0.5) is 0 Å². The van der Waals surface area contributed by atoms with Gasteiger partial charge in [-0.3, -0.25) is 0 Å². The smallest absolute Gasteiger partial charge is 0.0197 e. The molecule has 0 spiro atoms. The van der Waals surface area contributed by atoms with E-state index in [4.69, 9.17) is 0 Å². The summed E-state index contributed by atoms with van der Waals surface area (Å²) in [6, 6.07) is 1.35. The van der Waals surface area contributed by atoms with Gasteiger partial charge in [-0.25, -0.2) is 0 Å². The molecule has 3 nitrogen and oxygen atoms in total. The summed E-state index contributed by atoms with van der Waals surface area (Å²) in [4.78, 5) is 5.17. The molecule has 1 N–H and O–H groups in total. The van der Waals surface area contributed by atoms with E-state index < -0.39 is 0 Å². The summed E-state index contributed by atoms with van der Waals surface area (Å²) in [5.74, 6) is 0.981. The number of rotatable bonds is 5. The first-order chi connectivity index (χ1) is 9.13. The maximum Gasteiger partial charge on any atom is 0.0197 e. The van der Waals surface area contributed by atoms with Gasteiger partial charge in [-0.1, -0.05) is 13.8 Å². The minimum atomic E-state index is 0.624. The summed E-state index contributed by atoms with van der Waals surface area (Å²) < 4.78 is 0. The summed E-state index contributed by atoms with van der Waals surface area (Å²) in [5.41, 5.74) is 0. The first kappa shape index (κ1) is 15.3. The molecule has 3 heteroatoms. The topological polar surface area (TPSA) is 18.5 Å². The van der Waals surface area contributed by atoms with E-state index in [-0.39, 0.29) is 0 Å². The number of hydrogen-bond acceptors (Lipinski definition) is 3.